The Kier molecular flexibility index (Phi) is 4.49. The minimum Gasteiger partial charge on any atom is -0.394 e. The van der Waals surface area contributed by atoms with E-state index in [9.17, 15) is 9.90 Å². The molecule has 4 nitrogen and oxygen atoms in total. The lowest BCUT2D eigenvalue weighted by molar-refractivity contribution is 0.105. The number of rotatable bonds is 3. The molecule has 2 fully saturated rings. The highest BCUT2D eigenvalue weighted by atomic mass is 16.3. The Hall–Kier alpha value is -0.770. The standard InChI is InChI=1S/C14H26N2O2/c1-11-5-4-8-14(9-11,10-17)16-13(18)15-12-6-2-3-7-12/h11-12,17H,2-10H2,1H3,(H2,15,16,18). The maximum Gasteiger partial charge on any atom is 0.315 e. The number of aliphatic hydroxyl groups excluding tert-OH is 1. The molecule has 104 valence electrons. The lowest BCUT2D eigenvalue weighted by atomic mass is 9.77. The minimum atomic E-state index is -0.389. The fourth-order valence-corrected chi connectivity index (χ4v) is 3.49. The molecular formula is C14H26N2O2. The van der Waals surface area contributed by atoms with Crippen molar-refractivity contribution in [3.63, 3.8) is 0 Å². The highest BCUT2D eigenvalue weighted by Gasteiger charge is 2.36. The number of nitrogens with one attached hydrogen (secondary N) is 2. The van der Waals surface area contributed by atoms with E-state index in [1.165, 1.54) is 19.3 Å². The van der Waals surface area contributed by atoms with Crippen molar-refractivity contribution in [2.45, 2.75) is 69.9 Å². The van der Waals surface area contributed by atoms with Gasteiger partial charge in [0.15, 0.2) is 0 Å². The smallest absolute Gasteiger partial charge is 0.315 e. The molecule has 2 saturated carbocycles. The number of aliphatic hydroxyl groups is 1. The number of amides is 2. The second kappa shape index (κ2) is 5.91. The van der Waals surface area contributed by atoms with Crippen molar-refractivity contribution in [1.82, 2.24) is 10.6 Å². The summed E-state index contributed by atoms with van der Waals surface area (Å²) >= 11 is 0. The fraction of sp³-hybridized carbons (Fsp3) is 0.929. The van der Waals surface area contributed by atoms with Gasteiger partial charge in [-0.3, -0.25) is 0 Å². The summed E-state index contributed by atoms with van der Waals surface area (Å²) in [4.78, 5) is 12.0. The second-order valence-electron chi connectivity index (χ2n) is 6.22. The molecule has 0 heterocycles. The SMILES string of the molecule is CC1CCCC(CO)(NC(=O)NC2CCCC2)C1. The van der Waals surface area contributed by atoms with Gasteiger partial charge < -0.3 is 15.7 Å². The third kappa shape index (κ3) is 3.37. The van der Waals surface area contributed by atoms with Gasteiger partial charge >= 0.3 is 6.03 Å². The van der Waals surface area contributed by atoms with E-state index in [0.717, 1.165) is 32.1 Å². The molecule has 0 spiro atoms. The molecule has 2 atom stereocenters. The largest absolute Gasteiger partial charge is 0.394 e. The van der Waals surface area contributed by atoms with Crippen molar-refractivity contribution >= 4 is 6.03 Å². The van der Waals surface area contributed by atoms with Crippen molar-refractivity contribution in [3.8, 4) is 0 Å². The monoisotopic (exact) mass is 254 g/mol. The van der Waals surface area contributed by atoms with Crippen LogP contribution in [0.5, 0.6) is 0 Å². The Morgan fingerprint density at radius 2 is 2.00 bits per heavy atom. The van der Waals surface area contributed by atoms with Crippen LogP contribution in [0.3, 0.4) is 0 Å². The lowest BCUT2D eigenvalue weighted by Crippen LogP contribution is -2.57. The van der Waals surface area contributed by atoms with E-state index in [1.54, 1.807) is 0 Å². The van der Waals surface area contributed by atoms with Gasteiger partial charge in [0, 0.05) is 6.04 Å². The second-order valence-corrected chi connectivity index (χ2v) is 6.22. The highest BCUT2D eigenvalue weighted by molar-refractivity contribution is 5.75. The summed E-state index contributed by atoms with van der Waals surface area (Å²) < 4.78 is 0. The van der Waals surface area contributed by atoms with Gasteiger partial charge in [0.1, 0.15) is 0 Å². The van der Waals surface area contributed by atoms with E-state index in [-0.39, 0.29) is 18.2 Å². The van der Waals surface area contributed by atoms with Gasteiger partial charge in [0.05, 0.1) is 12.1 Å². The Labute approximate surface area is 110 Å². The molecule has 2 aliphatic rings. The zero-order valence-corrected chi connectivity index (χ0v) is 11.4. The first kappa shape index (κ1) is 13.7. The Balaban J connectivity index is 1.86. The number of carbonyl (C=O) groups is 1. The molecular weight excluding hydrogens is 228 g/mol. The molecule has 2 amide bonds. The highest BCUT2D eigenvalue weighted by Crippen LogP contribution is 2.32. The molecule has 3 N–H and O–H groups in total. The third-order valence-corrected chi connectivity index (χ3v) is 4.46. The Bertz CT molecular complexity index is 290. The van der Waals surface area contributed by atoms with Crippen LogP contribution in [0, 0.1) is 5.92 Å². The van der Waals surface area contributed by atoms with Gasteiger partial charge in [-0.05, 0) is 31.6 Å². The molecule has 4 heteroatoms. The van der Waals surface area contributed by atoms with Gasteiger partial charge in [-0.2, -0.15) is 0 Å². The van der Waals surface area contributed by atoms with E-state index in [0.29, 0.717) is 12.0 Å². The van der Waals surface area contributed by atoms with Gasteiger partial charge in [-0.15, -0.1) is 0 Å². The van der Waals surface area contributed by atoms with Crippen molar-refractivity contribution in [3.05, 3.63) is 0 Å². The van der Waals surface area contributed by atoms with Crippen molar-refractivity contribution in [2.75, 3.05) is 6.61 Å². The van der Waals surface area contributed by atoms with Gasteiger partial charge in [-0.25, -0.2) is 4.79 Å². The molecule has 2 aliphatic carbocycles. The molecule has 0 saturated heterocycles. The van der Waals surface area contributed by atoms with Crippen LogP contribution in [-0.4, -0.2) is 29.3 Å². The summed E-state index contributed by atoms with van der Waals surface area (Å²) in [6.45, 7) is 2.25. The zero-order valence-electron chi connectivity index (χ0n) is 11.4. The van der Waals surface area contributed by atoms with Crippen molar-refractivity contribution < 1.29 is 9.90 Å². The van der Waals surface area contributed by atoms with Gasteiger partial charge in [-0.1, -0.05) is 32.6 Å². The normalized spacial score (nSPS) is 33.3. The number of carbonyl (C=O) groups excluding carboxylic acids is 1. The van der Waals surface area contributed by atoms with Crippen molar-refractivity contribution in [2.24, 2.45) is 5.92 Å². The van der Waals surface area contributed by atoms with Crippen LogP contribution in [0.4, 0.5) is 4.79 Å². The van der Waals surface area contributed by atoms with E-state index in [1.807, 2.05) is 0 Å². The predicted molar refractivity (Wildman–Crippen MR) is 71.4 cm³/mol. The zero-order chi connectivity index (χ0) is 13.0. The van der Waals surface area contributed by atoms with Gasteiger partial charge in [0.2, 0.25) is 0 Å². The lowest BCUT2D eigenvalue weighted by Gasteiger charge is -2.39. The summed E-state index contributed by atoms with van der Waals surface area (Å²) in [5.41, 5.74) is -0.389. The summed E-state index contributed by atoms with van der Waals surface area (Å²) in [6, 6.07) is 0.242. The maximum absolute atomic E-state index is 12.0. The third-order valence-electron chi connectivity index (χ3n) is 4.46. The number of hydrogen-bond donors (Lipinski definition) is 3. The van der Waals surface area contributed by atoms with Gasteiger partial charge in [0.25, 0.3) is 0 Å². The first-order chi connectivity index (χ1) is 8.63. The summed E-state index contributed by atoms with van der Waals surface area (Å²) in [5.74, 6) is 0.581. The van der Waals surface area contributed by atoms with Crippen LogP contribution in [0.15, 0.2) is 0 Å². The molecule has 0 aromatic rings. The van der Waals surface area contributed by atoms with Crippen LogP contribution in [0.1, 0.15) is 58.3 Å². The molecule has 0 aliphatic heterocycles. The van der Waals surface area contributed by atoms with E-state index >= 15 is 0 Å². The number of hydrogen-bond acceptors (Lipinski definition) is 2. The first-order valence-corrected chi connectivity index (χ1v) is 7.33. The summed E-state index contributed by atoms with van der Waals surface area (Å²) in [7, 11) is 0. The average molecular weight is 254 g/mol. The predicted octanol–water partition coefficient (Wildman–Crippen LogP) is 2.17. The molecule has 0 aromatic heterocycles. The Morgan fingerprint density at radius 3 is 2.61 bits per heavy atom. The van der Waals surface area contributed by atoms with Crippen LogP contribution in [0.25, 0.3) is 0 Å². The first-order valence-electron chi connectivity index (χ1n) is 7.33. The molecule has 2 rings (SSSR count). The average Bonchev–Trinajstić information content (AvgIpc) is 2.81. The van der Waals surface area contributed by atoms with E-state index in [4.69, 9.17) is 0 Å². The Morgan fingerprint density at radius 1 is 1.28 bits per heavy atom. The number of urea groups is 1. The molecule has 0 bridgehead atoms. The van der Waals surface area contributed by atoms with E-state index in [2.05, 4.69) is 17.6 Å². The van der Waals surface area contributed by atoms with E-state index < -0.39 is 0 Å². The fourth-order valence-electron chi connectivity index (χ4n) is 3.49. The minimum absolute atomic E-state index is 0.0510. The van der Waals surface area contributed by atoms with Crippen molar-refractivity contribution in [1.29, 1.82) is 0 Å². The van der Waals surface area contributed by atoms with Crippen LogP contribution < -0.4 is 10.6 Å². The molecule has 2 unspecified atom stereocenters. The summed E-state index contributed by atoms with van der Waals surface area (Å²) in [6.07, 6.45) is 8.69. The molecule has 18 heavy (non-hydrogen) atoms. The van der Waals surface area contributed by atoms with Crippen LogP contribution in [0.2, 0.25) is 0 Å². The molecule has 0 aromatic carbocycles. The quantitative estimate of drug-likeness (QED) is 0.723. The maximum atomic E-state index is 12.0. The summed E-state index contributed by atoms with van der Waals surface area (Å²) in [5, 5.41) is 15.7. The van der Waals surface area contributed by atoms with Crippen LogP contribution >= 0.6 is 0 Å². The topological polar surface area (TPSA) is 61.4 Å². The van der Waals surface area contributed by atoms with Crippen LogP contribution in [-0.2, 0) is 0 Å². The molecule has 0 radical (unpaired) electrons.